The molecule has 0 radical (unpaired) electrons. The molecule has 0 aliphatic heterocycles. The highest BCUT2D eigenvalue weighted by atomic mass is 16.5. The Morgan fingerprint density at radius 2 is 1.95 bits per heavy atom. The minimum Gasteiger partial charge on any atom is -0.497 e. The lowest BCUT2D eigenvalue weighted by atomic mass is 9.99. The fourth-order valence-electron chi connectivity index (χ4n) is 2.86. The van der Waals surface area contributed by atoms with Gasteiger partial charge in [-0.2, -0.15) is 0 Å². The van der Waals surface area contributed by atoms with Crippen molar-refractivity contribution in [3.8, 4) is 16.9 Å². The molecule has 0 aliphatic carbocycles. The zero-order valence-electron chi connectivity index (χ0n) is 13.0. The Balaban J connectivity index is 2.25. The summed E-state index contributed by atoms with van der Waals surface area (Å²) >= 11 is 0. The van der Waals surface area contributed by atoms with Gasteiger partial charge in [-0.05, 0) is 36.2 Å². The summed E-state index contributed by atoms with van der Waals surface area (Å²) < 4.78 is 7.47. The van der Waals surface area contributed by atoms with Crippen molar-refractivity contribution in [1.82, 2.24) is 9.55 Å². The molecule has 0 saturated heterocycles. The molecule has 108 valence electrons. The summed E-state index contributed by atoms with van der Waals surface area (Å²) in [6.07, 6.45) is 0.937. The molecule has 0 spiro atoms. The van der Waals surface area contributed by atoms with Crippen LogP contribution in [0.4, 0.5) is 0 Å². The van der Waals surface area contributed by atoms with E-state index in [-0.39, 0.29) is 0 Å². The third kappa shape index (κ3) is 2.19. The van der Waals surface area contributed by atoms with Crippen molar-refractivity contribution in [3.63, 3.8) is 0 Å². The number of benzene rings is 2. The number of rotatable bonds is 3. The van der Waals surface area contributed by atoms with Gasteiger partial charge in [-0.1, -0.05) is 25.1 Å². The van der Waals surface area contributed by atoms with E-state index in [1.807, 2.05) is 6.07 Å². The average Bonchev–Trinajstić information content (AvgIpc) is 2.84. The molecule has 0 atom stereocenters. The third-order valence-corrected chi connectivity index (χ3v) is 4.04. The van der Waals surface area contributed by atoms with Gasteiger partial charge < -0.3 is 9.30 Å². The minimum atomic E-state index is 0.888. The maximum absolute atomic E-state index is 5.29. The molecule has 3 aromatic rings. The minimum absolute atomic E-state index is 0.888. The van der Waals surface area contributed by atoms with Crippen molar-refractivity contribution in [2.24, 2.45) is 7.05 Å². The Labute approximate surface area is 125 Å². The molecule has 1 heterocycles. The first-order valence-corrected chi connectivity index (χ1v) is 7.25. The molecule has 3 heteroatoms. The number of imidazole rings is 1. The summed E-state index contributed by atoms with van der Waals surface area (Å²) in [5.74, 6) is 2.00. The van der Waals surface area contributed by atoms with E-state index in [4.69, 9.17) is 9.72 Å². The van der Waals surface area contributed by atoms with E-state index in [9.17, 15) is 0 Å². The molecule has 0 saturated carbocycles. The van der Waals surface area contributed by atoms with E-state index in [1.165, 1.54) is 22.2 Å². The monoisotopic (exact) mass is 280 g/mol. The molecule has 0 unspecified atom stereocenters. The van der Waals surface area contributed by atoms with Crippen LogP contribution in [0.5, 0.6) is 5.75 Å². The van der Waals surface area contributed by atoms with Crippen molar-refractivity contribution in [3.05, 3.63) is 47.8 Å². The van der Waals surface area contributed by atoms with Crippen LogP contribution in [0.2, 0.25) is 0 Å². The maximum atomic E-state index is 5.29. The first kappa shape index (κ1) is 13.7. The van der Waals surface area contributed by atoms with Crippen molar-refractivity contribution < 1.29 is 4.74 Å². The molecule has 0 aliphatic rings. The predicted molar refractivity (Wildman–Crippen MR) is 86.8 cm³/mol. The van der Waals surface area contributed by atoms with E-state index in [0.717, 1.165) is 23.5 Å². The number of methoxy groups -OCH3 is 1. The second-order valence-corrected chi connectivity index (χ2v) is 5.29. The summed E-state index contributed by atoms with van der Waals surface area (Å²) in [5.41, 5.74) is 5.85. The second kappa shape index (κ2) is 5.24. The Hall–Kier alpha value is -2.29. The van der Waals surface area contributed by atoms with E-state index in [1.54, 1.807) is 7.11 Å². The van der Waals surface area contributed by atoms with Gasteiger partial charge in [-0.25, -0.2) is 4.98 Å². The van der Waals surface area contributed by atoms with Crippen LogP contribution in [-0.2, 0) is 13.5 Å². The molecular weight excluding hydrogens is 260 g/mol. The quantitative estimate of drug-likeness (QED) is 0.721. The molecule has 1 aromatic heterocycles. The van der Waals surface area contributed by atoms with Gasteiger partial charge in [-0.15, -0.1) is 0 Å². The van der Waals surface area contributed by atoms with Crippen LogP contribution < -0.4 is 4.74 Å². The molecule has 3 rings (SSSR count). The highest BCUT2D eigenvalue weighted by molar-refractivity contribution is 5.93. The first-order valence-electron chi connectivity index (χ1n) is 7.25. The normalized spacial score (nSPS) is 11.0. The van der Waals surface area contributed by atoms with Crippen LogP contribution in [0.25, 0.3) is 22.2 Å². The summed E-state index contributed by atoms with van der Waals surface area (Å²) in [6.45, 7) is 4.25. The summed E-state index contributed by atoms with van der Waals surface area (Å²) in [4.78, 5) is 4.82. The number of hydrogen-bond acceptors (Lipinski definition) is 2. The molecular formula is C18H20N2O. The van der Waals surface area contributed by atoms with Crippen LogP contribution in [0.1, 0.15) is 18.3 Å². The molecule has 3 nitrogen and oxygen atoms in total. The Kier molecular flexibility index (Phi) is 3.42. The van der Waals surface area contributed by atoms with Gasteiger partial charge in [0, 0.05) is 19.0 Å². The van der Waals surface area contributed by atoms with Gasteiger partial charge in [0.05, 0.1) is 18.1 Å². The number of fused-ring (bicyclic) bond motifs is 1. The molecule has 0 bridgehead atoms. The molecule has 21 heavy (non-hydrogen) atoms. The largest absolute Gasteiger partial charge is 0.497 e. The van der Waals surface area contributed by atoms with Crippen molar-refractivity contribution in [2.75, 3.05) is 7.11 Å². The fraction of sp³-hybridized carbons (Fsp3) is 0.278. The number of aryl methyl sites for hydroxylation is 3. The number of ether oxygens (including phenoxy) is 1. The first-order chi connectivity index (χ1) is 10.2. The highest BCUT2D eigenvalue weighted by Gasteiger charge is 2.13. The fourth-order valence-corrected chi connectivity index (χ4v) is 2.86. The Morgan fingerprint density at radius 1 is 1.14 bits per heavy atom. The number of aromatic nitrogens is 2. The van der Waals surface area contributed by atoms with Gasteiger partial charge >= 0.3 is 0 Å². The molecule has 2 aromatic carbocycles. The topological polar surface area (TPSA) is 27.1 Å². The van der Waals surface area contributed by atoms with Gasteiger partial charge in [0.2, 0.25) is 0 Å². The van der Waals surface area contributed by atoms with Gasteiger partial charge in [-0.3, -0.25) is 0 Å². The third-order valence-electron chi connectivity index (χ3n) is 4.04. The molecule has 0 amide bonds. The number of nitrogens with zero attached hydrogens (tertiary/aromatic N) is 2. The second-order valence-electron chi connectivity index (χ2n) is 5.29. The highest BCUT2D eigenvalue weighted by Crippen LogP contribution is 2.32. The molecule has 0 N–H and O–H groups in total. The van der Waals surface area contributed by atoms with Gasteiger partial charge in [0.25, 0.3) is 0 Å². The van der Waals surface area contributed by atoms with Crippen LogP contribution in [0.3, 0.4) is 0 Å². The Bertz CT molecular complexity index is 802. The molecule has 0 fully saturated rings. The van der Waals surface area contributed by atoms with Crippen molar-refractivity contribution in [2.45, 2.75) is 20.3 Å². The smallest absolute Gasteiger partial charge is 0.119 e. The zero-order chi connectivity index (χ0) is 15.0. The van der Waals surface area contributed by atoms with Crippen molar-refractivity contribution >= 4 is 11.0 Å². The van der Waals surface area contributed by atoms with Gasteiger partial charge in [0.1, 0.15) is 11.6 Å². The average molecular weight is 280 g/mol. The zero-order valence-corrected chi connectivity index (χ0v) is 13.0. The SMILES string of the molecule is CCc1nc2c(-c3ccc(OC)cc3C)cccc2n1C. The number of para-hydroxylation sites is 1. The van der Waals surface area contributed by atoms with E-state index in [0.29, 0.717) is 0 Å². The summed E-state index contributed by atoms with van der Waals surface area (Å²) in [6, 6.07) is 12.6. The lowest BCUT2D eigenvalue weighted by Gasteiger charge is -2.09. The standard InChI is InChI=1S/C18H20N2O/c1-5-17-19-18-15(7-6-8-16(18)20(17)3)14-10-9-13(21-4)11-12(14)2/h6-11H,5H2,1-4H3. The van der Waals surface area contributed by atoms with Crippen LogP contribution >= 0.6 is 0 Å². The lowest BCUT2D eigenvalue weighted by Crippen LogP contribution is -1.94. The Morgan fingerprint density at radius 3 is 2.62 bits per heavy atom. The van der Waals surface area contributed by atoms with Gasteiger partial charge in [0.15, 0.2) is 0 Å². The maximum Gasteiger partial charge on any atom is 0.119 e. The number of hydrogen-bond donors (Lipinski definition) is 0. The predicted octanol–water partition coefficient (Wildman–Crippen LogP) is 4.12. The van der Waals surface area contributed by atoms with Crippen molar-refractivity contribution in [1.29, 1.82) is 0 Å². The van der Waals surface area contributed by atoms with E-state index in [2.05, 4.69) is 55.8 Å². The lowest BCUT2D eigenvalue weighted by molar-refractivity contribution is 0.414. The van der Waals surface area contributed by atoms with E-state index < -0.39 is 0 Å². The summed E-state index contributed by atoms with van der Waals surface area (Å²) in [5, 5.41) is 0. The van der Waals surface area contributed by atoms with Crippen LogP contribution in [0.15, 0.2) is 36.4 Å². The summed E-state index contributed by atoms with van der Waals surface area (Å²) in [7, 11) is 3.78. The van der Waals surface area contributed by atoms with Crippen LogP contribution in [0, 0.1) is 6.92 Å². The van der Waals surface area contributed by atoms with Crippen LogP contribution in [-0.4, -0.2) is 16.7 Å². The van der Waals surface area contributed by atoms with E-state index >= 15 is 0 Å².